The molecule has 0 aromatic heterocycles. The van der Waals surface area contributed by atoms with Crippen LogP contribution in [0.4, 0.5) is 50.0 Å². The maximum absolute atomic E-state index is 14.2. The van der Waals surface area contributed by atoms with E-state index in [1.165, 1.54) is 12.1 Å². The van der Waals surface area contributed by atoms with Crippen molar-refractivity contribution in [1.82, 2.24) is 4.90 Å². The van der Waals surface area contributed by atoms with Crippen molar-refractivity contribution in [3.05, 3.63) is 65.2 Å². The van der Waals surface area contributed by atoms with E-state index in [-0.39, 0.29) is 24.6 Å². The summed E-state index contributed by atoms with van der Waals surface area (Å²) in [5.41, 5.74) is -6.70. The molecule has 1 saturated heterocycles. The van der Waals surface area contributed by atoms with E-state index in [0.717, 1.165) is 11.3 Å². The molecular weight excluding hydrogens is 527 g/mol. The Bertz CT molecular complexity index is 1120. The lowest BCUT2D eigenvalue weighted by Gasteiger charge is -2.52. The van der Waals surface area contributed by atoms with Crippen molar-refractivity contribution in [2.75, 3.05) is 11.9 Å². The van der Waals surface area contributed by atoms with Gasteiger partial charge in [-0.25, -0.2) is 4.79 Å². The van der Waals surface area contributed by atoms with Crippen LogP contribution in [0.2, 0.25) is 0 Å². The van der Waals surface area contributed by atoms with E-state index in [1.807, 2.05) is 0 Å². The quantitative estimate of drug-likeness (QED) is 0.380. The monoisotopic (exact) mass is 552 g/mol. The average molecular weight is 552 g/mol. The van der Waals surface area contributed by atoms with E-state index in [2.05, 4.69) is 5.32 Å². The van der Waals surface area contributed by atoms with E-state index < -0.39 is 58.7 Å². The Kier molecular flexibility index (Phi) is 7.15. The van der Waals surface area contributed by atoms with Crippen LogP contribution in [-0.2, 0) is 17.9 Å². The highest BCUT2D eigenvalue weighted by Gasteiger charge is 2.64. The van der Waals surface area contributed by atoms with E-state index in [1.54, 1.807) is 18.2 Å². The van der Waals surface area contributed by atoms with Crippen molar-refractivity contribution in [1.29, 1.82) is 0 Å². The van der Waals surface area contributed by atoms with E-state index >= 15 is 0 Å². The van der Waals surface area contributed by atoms with Crippen LogP contribution in [0.1, 0.15) is 61.6 Å². The lowest BCUT2D eigenvalue weighted by atomic mass is 9.58. The Morgan fingerprint density at radius 2 is 1.34 bits per heavy atom. The molecule has 12 heteroatoms. The molecule has 1 aliphatic carbocycles. The summed E-state index contributed by atoms with van der Waals surface area (Å²) in [6, 6.07) is 7.08. The Hall–Kier alpha value is -2.92. The fraction of sp³-hybridized carbons (Fsp3) is 0.500. The van der Waals surface area contributed by atoms with Crippen molar-refractivity contribution in [3.63, 3.8) is 0 Å². The van der Waals surface area contributed by atoms with E-state index in [4.69, 9.17) is 0 Å². The third kappa shape index (κ3) is 5.31. The molecule has 38 heavy (non-hydrogen) atoms. The second-order valence-electron chi connectivity index (χ2n) is 9.99. The number of carbonyl (C=O) groups is 1. The number of rotatable bonds is 3. The number of likely N-dealkylation sites (tertiary alicyclic amines) is 1. The standard InChI is InChI=1S/C26H25F9N2O/c27-24(28,29)16-23(17-7-3-1-4-8-17)22(9-5-2-6-10-22)11-12-37(23)21(38)36-20-14-18(25(30,31)32)13-19(15-20)26(33,34)35/h1,3-4,7-8,13-15H,2,5-6,9-12,16H2,(H,36,38)/t23-/m1/s1. The van der Waals surface area contributed by atoms with Gasteiger partial charge in [-0.15, -0.1) is 0 Å². The Morgan fingerprint density at radius 1 is 0.789 bits per heavy atom. The predicted molar refractivity (Wildman–Crippen MR) is 121 cm³/mol. The van der Waals surface area contributed by atoms with Crippen LogP contribution in [0.5, 0.6) is 0 Å². The first-order chi connectivity index (χ1) is 17.6. The number of benzene rings is 2. The first kappa shape index (κ1) is 28.1. The molecule has 2 aromatic carbocycles. The fourth-order valence-electron chi connectivity index (χ4n) is 6.25. The van der Waals surface area contributed by atoms with Gasteiger partial charge in [0.25, 0.3) is 0 Å². The van der Waals surface area contributed by atoms with Gasteiger partial charge in [0, 0.05) is 12.2 Å². The van der Waals surface area contributed by atoms with Crippen molar-refractivity contribution >= 4 is 11.7 Å². The number of amides is 2. The molecule has 0 bridgehead atoms. The first-order valence-electron chi connectivity index (χ1n) is 12.1. The smallest absolute Gasteiger partial charge is 0.314 e. The summed E-state index contributed by atoms with van der Waals surface area (Å²) in [4.78, 5) is 14.5. The molecule has 2 amide bonds. The highest BCUT2D eigenvalue weighted by Crippen LogP contribution is 2.62. The maximum atomic E-state index is 14.2. The van der Waals surface area contributed by atoms with Crippen LogP contribution in [-0.4, -0.2) is 23.7 Å². The molecule has 2 aromatic rings. The van der Waals surface area contributed by atoms with Crippen molar-refractivity contribution in [2.24, 2.45) is 5.41 Å². The molecule has 1 aliphatic heterocycles. The number of nitrogens with zero attached hydrogens (tertiary/aromatic N) is 1. The van der Waals surface area contributed by atoms with Crippen LogP contribution in [0.25, 0.3) is 0 Å². The molecule has 1 N–H and O–H groups in total. The van der Waals surface area contributed by atoms with E-state index in [0.29, 0.717) is 37.8 Å². The Balaban J connectivity index is 1.82. The summed E-state index contributed by atoms with van der Waals surface area (Å²) in [5, 5.41) is 2.06. The highest BCUT2D eigenvalue weighted by molar-refractivity contribution is 5.90. The predicted octanol–water partition coefficient (Wildman–Crippen LogP) is 8.76. The molecule has 4 rings (SSSR count). The lowest BCUT2D eigenvalue weighted by molar-refractivity contribution is -0.175. The molecule has 0 unspecified atom stereocenters. The van der Waals surface area contributed by atoms with Gasteiger partial charge in [-0.05, 0) is 48.4 Å². The molecule has 2 aliphatic rings. The molecule has 208 valence electrons. The van der Waals surface area contributed by atoms with Crippen LogP contribution in [0.15, 0.2) is 48.5 Å². The molecule has 2 fully saturated rings. The van der Waals surface area contributed by atoms with Gasteiger partial charge in [0.15, 0.2) is 0 Å². The molecule has 1 heterocycles. The third-order valence-electron chi connectivity index (χ3n) is 7.75. The first-order valence-corrected chi connectivity index (χ1v) is 12.1. The van der Waals surface area contributed by atoms with Crippen LogP contribution in [0, 0.1) is 5.41 Å². The second-order valence-corrected chi connectivity index (χ2v) is 9.99. The molecular formula is C26H25F9N2O. The number of urea groups is 1. The van der Waals surface area contributed by atoms with Gasteiger partial charge in [-0.3, -0.25) is 0 Å². The number of alkyl halides is 9. The minimum Gasteiger partial charge on any atom is -0.314 e. The van der Waals surface area contributed by atoms with Crippen LogP contribution < -0.4 is 5.32 Å². The molecule has 1 atom stereocenters. The zero-order chi connectivity index (χ0) is 28.0. The Labute approximate surface area is 213 Å². The van der Waals surface area contributed by atoms with Crippen molar-refractivity contribution < 1.29 is 44.3 Å². The summed E-state index contributed by atoms with van der Waals surface area (Å²) >= 11 is 0. The number of nitrogens with one attached hydrogen (secondary N) is 1. The average Bonchev–Trinajstić information content (AvgIpc) is 3.11. The number of hydrogen-bond donors (Lipinski definition) is 1. The van der Waals surface area contributed by atoms with Gasteiger partial charge in [-0.1, -0.05) is 49.6 Å². The minimum absolute atomic E-state index is 0.0829. The van der Waals surface area contributed by atoms with Gasteiger partial charge in [-0.2, -0.15) is 39.5 Å². The van der Waals surface area contributed by atoms with Crippen LogP contribution >= 0.6 is 0 Å². The van der Waals surface area contributed by atoms with Crippen LogP contribution in [0.3, 0.4) is 0 Å². The zero-order valence-corrected chi connectivity index (χ0v) is 20.0. The summed E-state index contributed by atoms with van der Waals surface area (Å²) in [7, 11) is 0. The maximum Gasteiger partial charge on any atom is 0.416 e. The SMILES string of the molecule is O=C(Nc1cc(C(F)(F)F)cc(C(F)(F)F)c1)N1CCC2(CCCCC2)[C@@]1(CC(F)(F)F)c1ccccc1. The van der Waals surface area contributed by atoms with Gasteiger partial charge in [0.1, 0.15) is 0 Å². The third-order valence-corrected chi connectivity index (χ3v) is 7.75. The summed E-state index contributed by atoms with van der Waals surface area (Å²) in [5.74, 6) is 0. The lowest BCUT2D eigenvalue weighted by Crippen LogP contribution is -2.57. The number of carbonyl (C=O) groups excluding carboxylic acids is 1. The van der Waals surface area contributed by atoms with Gasteiger partial charge in [0.2, 0.25) is 0 Å². The Morgan fingerprint density at radius 3 is 1.84 bits per heavy atom. The topological polar surface area (TPSA) is 32.3 Å². The van der Waals surface area contributed by atoms with Crippen molar-refractivity contribution in [2.45, 2.75) is 69.0 Å². The summed E-state index contributed by atoms with van der Waals surface area (Å²) in [6.07, 6.45) is -13.3. The summed E-state index contributed by atoms with van der Waals surface area (Å²) in [6.45, 7) is -0.137. The van der Waals surface area contributed by atoms with Gasteiger partial charge >= 0.3 is 24.6 Å². The van der Waals surface area contributed by atoms with Gasteiger partial charge < -0.3 is 10.2 Å². The van der Waals surface area contributed by atoms with Gasteiger partial charge in [0.05, 0.1) is 23.1 Å². The second kappa shape index (κ2) is 9.68. The number of hydrogen-bond acceptors (Lipinski definition) is 1. The highest BCUT2D eigenvalue weighted by atomic mass is 19.4. The minimum atomic E-state index is -5.15. The van der Waals surface area contributed by atoms with E-state index in [9.17, 15) is 44.3 Å². The number of halogens is 9. The zero-order valence-electron chi connectivity index (χ0n) is 20.0. The summed E-state index contributed by atoms with van der Waals surface area (Å²) < 4.78 is 123. The molecule has 0 radical (unpaired) electrons. The molecule has 1 spiro atoms. The fourth-order valence-corrected chi connectivity index (χ4v) is 6.25. The molecule has 1 saturated carbocycles. The van der Waals surface area contributed by atoms with Crippen molar-refractivity contribution in [3.8, 4) is 0 Å². The largest absolute Gasteiger partial charge is 0.416 e. The number of anilines is 1. The normalized spacial score (nSPS) is 22.1. The molecule has 3 nitrogen and oxygen atoms in total.